The fraction of sp³-hybridized carbons (Fsp3) is 0. The van der Waals surface area contributed by atoms with Crippen molar-refractivity contribution in [2.24, 2.45) is 0 Å². The van der Waals surface area contributed by atoms with Crippen molar-refractivity contribution >= 4 is 76.1 Å². The summed E-state index contributed by atoms with van der Waals surface area (Å²) in [5, 5.41) is 11.9. The van der Waals surface area contributed by atoms with Gasteiger partial charge in [-0.05, 0) is 119 Å². The first kappa shape index (κ1) is 49.1. The second kappa shape index (κ2) is 20.1. The third-order valence-corrected chi connectivity index (χ3v) is 17.2. The Balaban J connectivity index is 0.917. The van der Waals surface area contributed by atoms with Crippen LogP contribution in [0.3, 0.4) is 0 Å². The highest BCUT2D eigenvalue weighted by Crippen LogP contribution is 2.55. The Hall–Kier alpha value is -11.5. The number of furan rings is 1. The van der Waals surface area contributed by atoms with Gasteiger partial charge in [0.2, 0.25) is 0 Å². The van der Waals surface area contributed by atoms with Crippen LogP contribution in [-0.2, 0) is 0 Å². The van der Waals surface area contributed by atoms with Crippen LogP contribution in [0.15, 0.2) is 308 Å². The van der Waals surface area contributed by atoms with E-state index in [0.717, 1.165) is 99.9 Å². The van der Waals surface area contributed by atoms with Crippen molar-refractivity contribution in [3.63, 3.8) is 0 Å². The summed E-state index contributed by atoms with van der Waals surface area (Å²) in [6.07, 6.45) is 0. The average Bonchev–Trinajstić information content (AvgIpc) is 0.938. The minimum Gasteiger partial charge on any atom is -0.455 e. The number of nitrogens with zero attached hydrogens (tertiary/aromatic N) is 4. The zero-order valence-electron chi connectivity index (χ0n) is 46.6. The van der Waals surface area contributed by atoms with Crippen LogP contribution in [-0.4, -0.2) is 19.5 Å². The second-order valence-corrected chi connectivity index (χ2v) is 22.1. The molecule has 0 unspecified atom stereocenters. The Bertz CT molecular complexity index is 5420. The number of rotatable bonds is 9. The third-order valence-electron chi connectivity index (χ3n) is 17.2. The molecule has 0 saturated carbocycles. The predicted molar refractivity (Wildman–Crippen MR) is 357 cm³/mol. The number of para-hydroxylation sites is 3. The lowest BCUT2D eigenvalue weighted by Gasteiger charge is -2.26. The molecule has 0 bridgehead atoms. The van der Waals surface area contributed by atoms with E-state index in [9.17, 15) is 0 Å². The van der Waals surface area contributed by atoms with Crippen molar-refractivity contribution in [2.75, 3.05) is 0 Å². The number of aromatic nitrogens is 4. The molecule has 3 aromatic heterocycles. The van der Waals surface area contributed by atoms with Crippen molar-refractivity contribution in [3.8, 4) is 95.5 Å². The fourth-order valence-electron chi connectivity index (χ4n) is 13.4. The lowest BCUT2D eigenvalue weighted by Crippen LogP contribution is -2.01. The molecule has 0 fully saturated rings. The number of fused-ring (bicyclic) bond motifs is 12. The van der Waals surface area contributed by atoms with Crippen LogP contribution in [0.4, 0.5) is 0 Å². The first-order valence-electron chi connectivity index (χ1n) is 29.2. The van der Waals surface area contributed by atoms with Gasteiger partial charge in [-0.25, -0.2) is 15.0 Å². The minimum absolute atomic E-state index is 0.606. The molecule has 17 aromatic rings. The van der Waals surface area contributed by atoms with Crippen molar-refractivity contribution < 1.29 is 4.42 Å². The van der Waals surface area contributed by atoms with Gasteiger partial charge in [0.25, 0.3) is 0 Å². The smallest absolute Gasteiger partial charge is 0.164 e. The molecule has 0 aliphatic carbocycles. The predicted octanol–water partition coefficient (Wildman–Crippen LogP) is 21.7. The summed E-state index contributed by atoms with van der Waals surface area (Å²) in [4.78, 5) is 15.4. The van der Waals surface area contributed by atoms with Gasteiger partial charge in [0.15, 0.2) is 17.5 Å². The van der Waals surface area contributed by atoms with Gasteiger partial charge < -0.3 is 8.98 Å². The molecule has 0 saturated heterocycles. The van der Waals surface area contributed by atoms with E-state index in [4.69, 9.17) is 19.4 Å². The molecule has 17 rings (SSSR count). The highest BCUT2D eigenvalue weighted by molar-refractivity contribution is 6.35. The first-order valence-corrected chi connectivity index (χ1v) is 29.2. The van der Waals surface area contributed by atoms with E-state index in [1.54, 1.807) is 0 Å². The van der Waals surface area contributed by atoms with Crippen LogP contribution in [0, 0.1) is 0 Å². The summed E-state index contributed by atoms with van der Waals surface area (Å²) in [7, 11) is 0. The highest BCUT2D eigenvalue weighted by Gasteiger charge is 2.28. The van der Waals surface area contributed by atoms with Gasteiger partial charge in [-0.1, -0.05) is 267 Å². The molecule has 0 amide bonds. The molecule has 14 aromatic carbocycles. The van der Waals surface area contributed by atoms with Crippen LogP contribution in [0.5, 0.6) is 0 Å². The Morgan fingerprint density at radius 1 is 0.244 bits per heavy atom. The molecule has 0 atom stereocenters. The molecule has 400 valence electrons. The van der Waals surface area contributed by atoms with Gasteiger partial charge >= 0.3 is 0 Å². The highest BCUT2D eigenvalue weighted by atomic mass is 16.3. The second-order valence-electron chi connectivity index (χ2n) is 22.1. The summed E-state index contributed by atoms with van der Waals surface area (Å²) >= 11 is 0. The molecular weight excluding hydrogens is 1040 g/mol. The third kappa shape index (κ3) is 7.97. The Kier molecular flexibility index (Phi) is 11.5. The molecule has 5 heteroatoms. The quantitative estimate of drug-likeness (QED) is 0.135. The van der Waals surface area contributed by atoms with Gasteiger partial charge in [-0.2, -0.15) is 0 Å². The van der Waals surface area contributed by atoms with Crippen LogP contribution in [0.2, 0.25) is 0 Å². The van der Waals surface area contributed by atoms with E-state index in [1.807, 2.05) is 42.5 Å². The molecule has 0 spiro atoms. The zero-order valence-corrected chi connectivity index (χ0v) is 46.6. The monoisotopic (exact) mass is 1090 g/mol. The maximum Gasteiger partial charge on any atom is 0.164 e. The number of hydrogen-bond acceptors (Lipinski definition) is 4. The van der Waals surface area contributed by atoms with Gasteiger partial charge in [-0.3, -0.25) is 0 Å². The maximum absolute atomic E-state index is 6.58. The zero-order chi connectivity index (χ0) is 56.7. The minimum atomic E-state index is 0.606. The van der Waals surface area contributed by atoms with Crippen molar-refractivity contribution in [2.45, 2.75) is 0 Å². The summed E-state index contributed by atoms with van der Waals surface area (Å²) in [6, 6.07) is 109. The summed E-state index contributed by atoms with van der Waals surface area (Å²) in [5.74, 6) is 1.85. The fourth-order valence-corrected chi connectivity index (χ4v) is 13.4. The Labute approximate surface area is 496 Å². The van der Waals surface area contributed by atoms with Gasteiger partial charge in [0, 0.05) is 49.5 Å². The number of hydrogen-bond donors (Lipinski definition) is 0. The SMILES string of the molecule is c1ccc(-c2nc(-c3ccccc3)nc(-c3ccc(-c4c(-c5ccc(-n6c7ccccc7c7cc(-c8cccc9c8oc8ccccc89)ccc76)cc5)c(-c5ccccc5)c5c6ccccc6c6ccccc6c5c4-c4ccccc4)cc3)n2)cc1. The molecular formula is C81H50N4O. The standard InChI is InChI=1S/C81H50N4O/c1-5-22-51(23-6-1)74-72(53-40-42-57(43-41-53)81-83-79(55-26-9-3-10-27-55)82-80(84-81)56-28-11-4-12-29-56)73(75(52-24-7-2-8-25-52)77-66-35-16-14-31-62(66)61-30-13-15-34-65(61)76(74)77)54-44-47-59(48-45-54)85-69-38-19-17-32-63(69)68-50-58(46-49-70(68)85)60-36-21-37-67-64-33-18-20-39-71(64)86-78(60)67/h1-50H. The Morgan fingerprint density at radius 3 is 1.17 bits per heavy atom. The van der Waals surface area contributed by atoms with Crippen molar-refractivity contribution in [1.82, 2.24) is 19.5 Å². The molecule has 86 heavy (non-hydrogen) atoms. The lowest BCUT2D eigenvalue weighted by molar-refractivity contribution is 0.670. The van der Waals surface area contributed by atoms with Gasteiger partial charge in [0.05, 0.1) is 11.0 Å². The number of benzene rings is 14. The molecule has 0 radical (unpaired) electrons. The largest absolute Gasteiger partial charge is 0.455 e. The van der Waals surface area contributed by atoms with Crippen LogP contribution >= 0.6 is 0 Å². The molecule has 0 aliphatic heterocycles. The van der Waals surface area contributed by atoms with E-state index in [1.165, 1.54) is 54.2 Å². The Morgan fingerprint density at radius 2 is 0.628 bits per heavy atom. The lowest BCUT2D eigenvalue weighted by atomic mass is 9.76. The molecule has 0 aliphatic rings. The van der Waals surface area contributed by atoms with Crippen molar-refractivity contribution in [3.05, 3.63) is 303 Å². The average molecular weight is 1100 g/mol. The van der Waals surface area contributed by atoms with Crippen LogP contribution < -0.4 is 0 Å². The molecule has 3 heterocycles. The topological polar surface area (TPSA) is 56.7 Å². The van der Waals surface area contributed by atoms with E-state index in [0.29, 0.717) is 17.5 Å². The molecule has 5 nitrogen and oxygen atoms in total. The van der Waals surface area contributed by atoms with Crippen LogP contribution in [0.25, 0.3) is 172 Å². The van der Waals surface area contributed by atoms with Crippen molar-refractivity contribution in [1.29, 1.82) is 0 Å². The summed E-state index contributed by atoms with van der Waals surface area (Å²) in [6.45, 7) is 0. The van der Waals surface area contributed by atoms with E-state index < -0.39 is 0 Å². The van der Waals surface area contributed by atoms with Crippen LogP contribution in [0.1, 0.15) is 0 Å². The van der Waals surface area contributed by atoms with E-state index in [-0.39, 0.29) is 0 Å². The molecule has 0 N–H and O–H groups in total. The first-order chi connectivity index (χ1) is 42.7. The summed E-state index contributed by atoms with van der Waals surface area (Å²) in [5.41, 5.74) is 19.1. The van der Waals surface area contributed by atoms with E-state index >= 15 is 0 Å². The van der Waals surface area contributed by atoms with Gasteiger partial charge in [-0.15, -0.1) is 0 Å². The summed E-state index contributed by atoms with van der Waals surface area (Å²) < 4.78 is 8.99. The van der Waals surface area contributed by atoms with Gasteiger partial charge in [0.1, 0.15) is 11.2 Å². The maximum atomic E-state index is 6.58. The normalized spacial score (nSPS) is 11.7. The van der Waals surface area contributed by atoms with E-state index in [2.05, 4.69) is 265 Å².